The van der Waals surface area contributed by atoms with Crippen LogP contribution < -0.4 is 4.90 Å². The number of carbonyl (C=O) groups is 1. The van der Waals surface area contributed by atoms with E-state index in [1.807, 2.05) is 11.8 Å². The average Bonchev–Trinajstić information content (AvgIpc) is 2.74. The fourth-order valence-electron chi connectivity index (χ4n) is 4.22. The Kier molecular flexibility index (Phi) is 5.77. The number of aromatic nitrogens is 2. The molecule has 0 saturated carbocycles. The summed E-state index contributed by atoms with van der Waals surface area (Å²) >= 11 is 0. The lowest BCUT2D eigenvalue weighted by molar-refractivity contribution is -0.138. The molecule has 2 aliphatic heterocycles. The smallest absolute Gasteiger partial charge is 0.226 e. The number of nitrogens with zero attached hydrogens (tertiary/aromatic N) is 4. The first-order valence-corrected chi connectivity index (χ1v) is 12.3. The van der Waals surface area contributed by atoms with E-state index in [-0.39, 0.29) is 23.7 Å². The summed E-state index contributed by atoms with van der Waals surface area (Å²) < 4.78 is 25.7. The Balaban J connectivity index is 1.58. The van der Waals surface area contributed by atoms with E-state index < -0.39 is 9.52 Å². The molecule has 0 spiro atoms. The Morgan fingerprint density at radius 1 is 1.13 bits per heavy atom. The molecular weight excluding hydrogens is 403 g/mol. The van der Waals surface area contributed by atoms with E-state index in [2.05, 4.69) is 20.7 Å². The second-order valence-corrected chi connectivity index (χ2v) is 11.0. The van der Waals surface area contributed by atoms with Gasteiger partial charge in [0.1, 0.15) is 11.6 Å². The molecule has 2 saturated heterocycles. The summed E-state index contributed by atoms with van der Waals surface area (Å²) in [4.78, 5) is 26.2. The van der Waals surface area contributed by atoms with E-state index >= 15 is 0 Å². The normalized spacial score (nSPS) is 27.1. The van der Waals surface area contributed by atoms with Gasteiger partial charge in [-0.2, -0.15) is 0 Å². The number of hydrogen-bond donors (Lipinski definition) is 0. The number of anilines is 1. The first-order chi connectivity index (χ1) is 14.3. The Hall–Kier alpha value is -2.48. The number of piperazine rings is 1. The minimum atomic E-state index is -2.03. The van der Waals surface area contributed by atoms with Crippen LogP contribution in [0.1, 0.15) is 30.1 Å². The van der Waals surface area contributed by atoms with Crippen LogP contribution in [-0.4, -0.2) is 62.0 Å². The van der Waals surface area contributed by atoms with Gasteiger partial charge in [-0.15, -0.1) is 0 Å². The molecule has 160 valence electrons. The number of carbonyl (C=O) groups excluding carboxylic acids is 1. The summed E-state index contributed by atoms with van der Waals surface area (Å²) in [7, 11) is -2.03. The van der Waals surface area contributed by atoms with Gasteiger partial charge >= 0.3 is 0 Å². The molecule has 6 nitrogen and oxygen atoms in total. The van der Waals surface area contributed by atoms with Crippen LogP contribution in [0, 0.1) is 18.7 Å². The third-order valence-corrected chi connectivity index (χ3v) is 7.99. The van der Waals surface area contributed by atoms with Crippen molar-refractivity contribution in [1.82, 2.24) is 14.9 Å². The van der Waals surface area contributed by atoms with E-state index in [0.29, 0.717) is 44.0 Å². The van der Waals surface area contributed by atoms with Crippen LogP contribution in [0.4, 0.5) is 10.2 Å². The molecule has 1 aromatic carbocycles. The van der Waals surface area contributed by atoms with Crippen molar-refractivity contribution in [3.8, 4) is 0 Å². The van der Waals surface area contributed by atoms with Crippen molar-refractivity contribution in [2.45, 2.75) is 25.8 Å². The standard InChI is InChI=1S/C22H27FN4O2S/c1-16-13-25-21(14-24-16)26-9-10-27(20(15-26)17-3-5-19(23)6-4-17)22(28)18-7-11-30(2,29)12-8-18/h3-6,13-14,18,20H,2,7-12,15H2,1H3. The molecule has 2 aliphatic rings. The highest BCUT2D eigenvalue weighted by molar-refractivity contribution is 8.00. The van der Waals surface area contributed by atoms with Gasteiger partial charge in [0.15, 0.2) is 0 Å². The number of aryl methyl sites for hydroxylation is 1. The van der Waals surface area contributed by atoms with Crippen molar-refractivity contribution in [3.05, 3.63) is 53.7 Å². The largest absolute Gasteiger partial charge is 0.351 e. The molecule has 2 aromatic rings. The summed E-state index contributed by atoms with van der Waals surface area (Å²) in [5.74, 6) is 5.25. The van der Waals surface area contributed by atoms with Crippen LogP contribution in [0.25, 0.3) is 0 Å². The lowest BCUT2D eigenvalue weighted by atomic mass is 9.96. The van der Waals surface area contributed by atoms with E-state index in [4.69, 9.17) is 0 Å². The summed E-state index contributed by atoms with van der Waals surface area (Å²) in [6, 6.07) is 6.14. The highest BCUT2D eigenvalue weighted by atomic mass is 32.2. The van der Waals surface area contributed by atoms with Gasteiger partial charge < -0.3 is 9.80 Å². The minimum Gasteiger partial charge on any atom is -0.351 e. The Morgan fingerprint density at radius 2 is 1.83 bits per heavy atom. The zero-order chi connectivity index (χ0) is 21.3. The molecule has 3 heterocycles. The van der Waals surface area contributed by atoms with Gasteiger partial charge in [0.2, 0.25) is 5.91 Å². The molecule has 8 heteroatoms. The molecule has 1 atom stereocenters. The van der Waals surface area contributed by atoms with E-state index in [9.17, 15) is 13.4 Å². The van der Waals surface area contributed by atoms with Gasteiger partial charge in [-0.25, -0.2) is 9.37 Å². The zero-order valence-electron chi connectivity index (χ0n) is 17.2. The van der Waals surface area contributed by atoms with Gasteiger partial charge in [-0.05, 0) is 52.9 Å². The third-order valence-electron chi connectivity index (χ3n) is 6.04. The monoisotopic (exact) mass is 430 g/mol. The first kappa shape index (κ1) is 20.8. The molecule has 0 bridgehead atoms. The van der Waals surface area contributed by atoms with Gasteiger partial charge in [0.05, 0.1) is 24.1 Å². The molecule has 4 rings (SSSR count). The molecular formula is C22H27FN4O2S. The number of hydrogen-bond acceptors (Lipinski definition) is 5. The van der Waals surface area contributed by atoms with Crippen molar-refractivity contribution in [2.75, 3.05) is 36.0 Å². The molecule has 0 radical (unpaired) electrons. The topological polar surface area (TPSA) is 66.4 Å². The highest BCUT2D eigenvalue weighted by Gasteiger charge is 2.36. The molecule has 2 fully saturated rings. The highest BCUT2D eigenvalue weighted by Crippen LogP contribution is 2.31. The van der Waals surface area contributed by atoms with E-state index in [0.717, 1.165) is 17.1 Å². The van der Waals surface area contributed by atoms with Crippen molar-refractivity contribution < 1.29 is 13.4 Å². The fraction of sp³-hybridized carbons (Fsp3) is 0.455. The number of halogens is 1. The number of benzene rings is 1. The number of amides is 1. The maximum absolute atomic E-state index is 13.5. The fourth-order valence-corrected chi connectivity index (χ4v) is 5.85. The van der Waals surface area contributed by atoms with Gasteiger partial charge in [0.25, 0.3) is 0 Å². The van der Waals surface area contributed by atoms with Gasteiger partial charge in [-0.3, -0.25) is 14.0 Å². The Labute approximate surface area is 177 Å². The first-order valence-electron chi connectivity index (χ1n) is 10.2. The van der Waals surface area contributed by atoms with Crippen molar-refractivity contribution in [1.29, 1.82) is 0 Å². The quantitative estimate of drug-likeness (QED) is 0.700. The molecule has 1 amide bonds. The van der Waals surface area contributed by atoms with Crippen LogP contribution in [0.3, 0.4) is 0 Å². The van der Waals surface area contributed by atoms with Crippen molar-refractivity contribution in [2.24, 2.45) is 5.92 Å². The second kappa shape index (κ2) is 8.34. The lowest BCUT2D eigenvalue weighted by Crippen LogP contribution is -2.53. The van der Waals surface area contributed by atoms with Crippen molar-refractivity contribution in [3.63, 3.8) is 0 Å². The lowest BCUT2D eigenvalue weighted by Gasteiger charge is -2.43. The summed E-state index contributed by atoms with van der Waals surface area (Å²) in [5, 5.41) is 0. The van der Waals surface area contributed by atoms with Crippen LogP contribution >= 0.6 is 0 Å². The maximum atomic E-state index is 13.5. The molecule has 1 aromatic heterocycles. The zero-order valence-corrected chi connectivity index (χ0v) is 18.0. The third kappa shape index (κ3) is 4.48. The summed E-state index contributed by atoms with van der Waals surface area (Å²) in [6.07, 6.45) is 4.71. The van der Waals surface area contributed by atoms with Crippen molar-refractivity contribution >= 4 is 27.1 Å². The Bertz CT molecular complexity index is 994. The molecule has 30 heavy (non-hydrogen) atoms. The SMILES string of the molecule is C=S1(=O)CCC(C(=O)N2CCN(c3cnc(C)cn3)CC2c2ccc(F)cc2)CC1. The minimum absolute atomic E-state index is 0.0915. The van der Waals surface area contributed by atoms with E-state index in [1.165, 1.54) is 12.1 Å². The maximum Gasteiger partial charge on any atom is 0.226 e. The molecule has 1 unspecified atom stereocenters. The summed E-state index contributed by atoms with van der Waals surface area (Å²) in [6.45, 7) is 3.66. The van der Waals surface area contributed by atoms with Gasteiger partial charge in [-0.1, -0.05) is 12.1 Å². The Morgan fingerprint density at radius 3 is 2.47 bits per heavy atom. The average molecular weight is 431 g/mol. The predicted octanol–water partition coefficient (Wildman–Crippen LogP) is 2.44. The predicted molar refractivity (Wildman–Crippen MR) is 118 cm³/mol. The van der Waals surface area contributed by atoms with Gasteiger partial charge in [0, 0.05) is 37.1 Å². The number of rotatable bonds is 3. The van der Waals surface area contributed by atoms with Crippen LogP contribution in [0.2, 0.25) is 0 Å². The van der Waals surface area contributed by atoms with E-state index in [1.54, 1.807) is 24.5 Å². The van der Waals surface area contributed by atoms with Crippen LogP contribution in [0.15, 0.2) is 36.7 Å². The second-order valence-electron chi connectivity index (χ2n) is 8.21. The molecule has 0 N–H and O–H groups in total. The van der Waals surface area contributed by atoms with Crippen LogP contribution in [-0.2, 0) is 14.3 Å². The molecule has 0 aliphatic carbocycles. The summed E-state index contributed by atoms with van der Waals surface area (Å²) in [5.41, 5.74) is 1.74. The van der Waals surface area contributed by atoms with Crippen LogP contribution in [0.5, 0.6) is 0 Å².